The van der Waals surface area contributed by atoms with Gasteiger partial charge < -0.3 is 20.7 Å². The highest BCUT2D eigenvalue weighted by molar-refractivity contribution is 5.95. The average Bonchev–Trinajstić information content (AvgIpc) is 2.63. The van der Waals surface area contributed by atoms with Crippen LogP contribution in [0.5, 0.6) is 5.75 Å². The van der Waals surface area contributed by atoms with E-state index in [1.807, 2.05) is 13.8 Å². The number of amides is 2. The molecule has 0 aromatic heterocycles. The van der Waals surface area contributed by atoms with E-state index >= 15 is 0 Å². The van der Waals surface area contributed by atoms with Crippen molar-refractivity contribution in [1.82, 2.24) is 5.32 Å². The van der Waals surface area contributed by atoms with Gasteiger partial charge in [-0.3, -0.25) is 9.59 Å². The van der Waals surface area contributed by atoms with Crippen molar-refractivity contribution < 1.29 is 18.7 Å². The third-order valence-electron chi connectivity index (χ3n) is 4.17. The zero-order valence-corrected chi connectivity index (χ0v) is 16.5. The summed E-state index contributed by atoms with van der Waals surface area (Å²) < 4.78 is 18.4. The van der Waals surface area contributed by atoms with Crippen molar-refractivity contribution in [3.63, 3.8) is 0 Å². The summed E-state index contributed by atoms with van der Waals surface area (Å²) in [5.41, 5.74) is 1.93. The Hall–Kier alpha value is -2.93. The molecule has 2 rings (SSSR count). The van der Waals surface area contributed by atoms with Crippen LogP contribution in [0.2, 0.25) is 0 Å². The summed E-state index contributed by atoms with van der Waals surface area (Å²) in [7, 11) is 1.50. The summed E-state index contributed by atoms with van der Waals surface area (Å²) in [5.74, 6) is -0.0679. The highest BCUT2D eigenvalue weighted by atomic mass is 19.1. The van der Waals surface area contributed by atoms with Gasteiger partial charge in [-0.1, -0.05) is 26.0 Å². The second-order valence-electron chi connectivity index (χ2n) is 6.80. The minimum absolute atomic E-state index is 0.0632. The summed E-state index contributed by atoms with van der Waals surface area (Å²) in [5, 5.41) is 8.68. The number of nitrogens with one attached hydrogen (secondary N) is 3. The molecule has 28 heavy (non-hydrogen) atoms. The Morgan fingerprint density at radius 1 is 1.07 bits per heavy atom. The molecular weight excluding hydrogens is 361 g/mol. The highest BCUT2D eigenvalue weighted by Gasteiger charge is 2.17. The monoisotopic (exact) mass is 387 g/mol. The van der Waals surface area contributed by atoms with Crippen LogP contribution < -0.4 is 20.7 Å². The number of halogens is 1. The fraction of sp³-hybridized carbons (Fsp3) is 0.333. The first-order valence-corrected chi connectivity index (χ1v) is 9.04. The largest absolute Gasteiger partial charge is 0.495 e. The van der Waals surface area contributed by atoms with Crippen LogP contribution in [-0.2, 0) is 9.59 Å². The Kier molecular flexibility index (Phi) is 7.52. The van der Waals surface area contributed by atoms with Crippen LogP contribution in [0, 0.1) is 11.7 Å². The number of hydrogen-bond acceptors (Lipinski definition) is 4. The molecule has 1 atom stereocenters. The van der Waals surface area contributed by atoms with Gasteiger partial charge in [-0.25, -0.2) is 4.39 Å². The second kappa shape index (κ2) is 9.85. The van der Waals surface area contributed by atoms with Gasteiger partial charge in [0.1, 0.15) is 11.6 Å². The third kappa shape index (κ3) is 6.06. The molecule has 2 amide bonds. The van der Waals surface area contributed by atoms with Gasteiger partial charge in [0, 0.05) is 18.7 Å². The van der Waals surface area contributed by atoms with Crippen molar-refractivity contribution in [3.05, 3.63) is 53.8 Å². The van der Waals surface area contributed by atoms with E-state index in [0.29, 0.717) is 17.1 Å². The quantitative estimate of drug-likeness (QED) is 0.645. The molecule has 0 saturated carbocycles. The van der Waals surface area contributed by atoms with Crippen LogP contribution in [0.15, 0.2) is 42.5 Å². The number of hydrogen-bond donors (Lipinski definition) is 3. The molecule has 2 aromatic rings. The van der Waals surface area contributed by atoms with E-state index in [4.69, 9.17) is 4.74 Å². The fourth-order valence-corrected chi connectivity index (χ4v) is 2.89. The maximum absolute atomic E-state index is 13.2. The zero-order chi connectivity index (χ0) is 20.7. The number of anilines is 2. The topological polar surface area (TPSA) is 79.5 Å². The molecule has 0 aliphatic rings. The first-order valence-electron chi connectivity index (χ1n) is 9.04. The molecule has 0 fully saturated rings. The molecule has 0 bridgehead atoms. The summed E-state index contributed by atoms with van der Waals surface area (Å²) >= 11 is 0. The average molecular weight is 387 g/mol. The van der Waals surface area contributed by atoms with Crippen molar-refractivity contribution in [2.24, 2.45) is 5.92 Å². The lowest BCUT2D eigenvalue weighted by atomic mass is 9.96. The lowest BCUT2D eigenvalue weighted by Crippen LogP contribution is -2.33. The van der Waals surface area contributed by atoms with Gasteiger partial charge >= 0.3 is 0 Å². The summed E-state index contributed by atoms with van der Waals surface area (Å²) in [6, 6.07) is 11.1. The van der Waals surface area contributed by atoms with E-state index in [0.717, 1.165) is 5.56 Å². The van der Waals surface area contributed by atoms with Crippen LogP contribution in [0.25, 0.3) is 0 Å². The van der Waals surface area contributed by atoms with Crippen molar-refractivity contribution in [3.8, 4) is 5.75 Å². The van der Waals surface area contributed by atoms with Gasteiger partial charge in [0.05, 0.1) is 19.3 Å². The number of methoxy groups -OCH3 is 1. The van der Waals surface area contributed by atoms with Crippen molar-refractivity contribution in [1.29, 1.82) is 0 Å². The summed E-state index contributed by atoms with van der Waals surface area (Å²) in [6.07, 6.45) is 0. The number of benzene rings is 2. The van der Waals surface area contributed by atoms with Crippen molar-refractivity contribution in [2.75, 3.05) is 24.3 Å². The van der Waals surface area contributed by atoms with Crippen molar-refractivity contribution in [2.45, 2.75) is 26.8 Å². The van der Waals surface area contributed by atoms with Crippen LogP contribution in [0.3, 0.4) is 0 Å². The molecule has 7 heteroatoms. The van der Waals surface area contributed by atoms with Crippen LogP contribution in [0.1, 0.15) is 32.4 Å². The molecule has 0 heterocycles. The molecule has 0 aliphatic heterocycles. The third-order valence-corrected chi connectivity index (χ3v) is 4.17. The first-order chi connectivity index (χ1) is 13.3. The van der Waals surface area contributed by atoms with E-state index in [1.165, 1.54) is 26.2 Å². The zero-order valence-electron chi connectivity index (χ0n) is 16.5. The van der Waals surface area contributed by atoms with Gasteiger partial charge in [0.15, 0.2) is 0 Å². The van der Waals surface area contributed by atoms with Gasteiger partial charge in [-0.2, -0.15) is 0 Å². The molecule has 3 N–H and O–H groups in total. The van der Waals surface area contributed by atoms with E-state index < -0.39 is 0 Å². The molecule has 150 valence electrons. The molecule has 0 spiro atoms. The predicted molar refractivity (Wildman–Crippen MR) is 108 cm³/mol. The fourth-order valence-electron chi connectivity index (χ4n) is 2.89. The maximum atomic E-state index is 13.2. The lowest BCUT2D eigenvalue weighted by molar-refractivity contribution is -0.116. The Labute approximate surface area is 164 Å². The van der Waals surface area contributed by atoms with Gasteiger partial charge in [-0.15, -0.1) is 0 Å². The lowest BCUT2D eigenvalue weighted by Gasteiger charge is -2.23. The van der Waals surface area contributed by atoms with E-state index in [-0.39, 0.29) is 36.1 Å². The summed E-state index contributed by atoms with van der Waals surface area (Å²) in [4.78, 5) is 23.7. The van der Waals surface area contributed by atoms with E-state index in [9.17, 15) is 14.0 Å². The Morgan fingerprint density at radius 2 is 1.75 bits per heavy atom. The van der Waals surface area contributed by atoms with Crippen LogP contribution >= 0.6 is 0 Å². The van der Waals surface area contributed by atoms with E-state index in [2.05, 4.69) is 16.0 Å². The van der Waals surface area contributed by atoms with Gasteiger partial charge in [0.2, 0.25) is 11.8 Å². The Bertz CT molecular complexity index is 822. The number of ether oxygens (including phenoxy) is 1. The molecule has 6 nitrogen and oxygen atoms in total. The summed E-state index contributed by atoms with van der Waals surface area (Å²) in [6.45, 7) is 5.53. The standard InChI is InChI=1S/C21H26FN3O3/c1-13(2)21(15-5-7-16(22)8-6-15)23-12-20(27)25-18-11-17(24-14(3)26)9-10-19(18)28-4/h5-11,13,21,23H,12H2,1-4H3,(H,24,26)(H,25,27). The normalized spacial score (nSPS) is 11.8. The number of carbonyl (C=O) groups excluding carboxylic acids is 2. The molecular formula is C21H26FN3O3. The van der Waals surface area contributed by atoms with Gasteiger partial charge in [0.25, 0.3) is 0 Å². The second-order valence-corrected chi connectivity index (χ2v) is 6.80. The van der Waals surface area contributed by atoms with Crippen molar-refractivity contribution >= 4 is 23.2 Å². The smallest absolute Gasteiger partial charge is 0.238 e. The molecule has 2 aromatic carbocycles. The minimum Gasteiger partial charge on any atom is -0.495 e. The van der Waals surface area contributed by atoms with Crippen LogP contribution in [-0.4, -0.2) is 25.5 Å². The first kappa shape index (κ1) is 21.4. The Balaban J connectivity index is 2.06. The SMILES string of the molecule is COc1ccc(NC(C)=O)cc1NC(=O)CNC(c1ccc(F)cc1)C(C)C. The number of carbonyl (C=O) groups is 2. The van der Waals surface area contributed by atoms with E-state index in [1.54, 1.807) is 30.3 Å². The minimum atomic E-state index is -0.296. The molecule has 0 aliphatic carbocycles. The highest BCUT2D eigenvalue weighted by Crippen LogP contribution is 2.28. The number of rotatable bonds is 8. The van der Waals surface area contributed by atoms with Crippen LogP contribution in [0.4, 0.5) is 15.8 Å². The maximum Gasteiger partial charge on any atom is 0.238 e. The van der Waals surface area contributed by atoms with Gasteiger partial charge in [-0.05, 0) is 41.8 Å². The Morgan fingerprint density at radius 3 is 2.32 bits per heavy atom. The molecule has 0 radical (unpaired) electrons. The molecule has 0 saturated heterocycles. The molecule has 1 unspecified atom stereocenters. The predicted octanol–water partition coefficient (Wildman–Crippen LogP) is 3.72.